The number of nitrogens with one attached hydrogen (secondary N) is 1. The second-order valence-corrected chi connectivity index (χ2v) is 6.16. The molecule has 19 heavy (non-hydrogen) atoms. The van der Waals surface area contributed by atoms with Crippen molar-refractivity contribution in [3.05, 3.63) is 25.6 Å². The molecule has 0 bridgehead atoms. The first-order valence-corrected chi connectivity index (χ1v) is 7.36. The molecule has 0 atom stereocenters. The molecule has 1 aliphatic rings. The molecule has 3 rings (SSSR count). The van der Waals surface area contributed by atoms with Crippen molar-refractivity contribution in [3.63, 3.8) is 0 Å². The molecular formula is C12H13N3O2S2. The van der Waals surface area contributed by atoms with Crippen molar-refractivity contribution in [2.45, 2.75) is 32.2 Å². The van der Waals surface area contributed by atoms with Crippen LogP contribution in [0.15, 0.2) is 4.79 Å². The molecule has 0 fully saturated rings. The standard InChI is InChI=1S/C12H13N3O2S2/c13-8(16)4-5-15-11(17)9-6-2-1-3-7(6)19-10(9)14-12(15)18/h1-5H2,(H2,13,16)(H,14,18). The van der Waals surface area contributed by atoms with Gasteiger partial charge >= 0.3 is 0 Å². The molecular weight excluding hydrogens is 282 g/mol. The molecule has 3 N–H and O–H groups in total. The maximum Gasteiger partial charge on any atom is 0.263 e. The maximum absolute atomic E-state index is 12.5. The number of thiophene rings is 1. The predicted molar refractivity (Wildman–Crippen MR) is 77.1 cm³/mol. The molecule has 5 nitrogen and oxygen atoms in total. The largest absolute Gasteiger partial charge is 0.370 e. The molecule has 0 aliphatic heterocycles. The van der Waals surface area contributed by atoms with Crippen LogP contribution < -0.4 is 11.3 Å². The topological polar surface area (TPSA) is 80.9 Å². The lowest BCUT2D eigenvalue weighted by Crippen LogP contribution is -2.25. The van der Waals surface area contributed by atoms with Crippen LogP contribution in [0.1, 0.15) is 23.3 Å². The smallest absolute Gasteiger partial charge is 0.263 e. The van der Waals surface area contributed by atoms with Crippen molar-refractivity contribution in [2.75, 3.05) is 0 Å². The summed E-state index contributed by atoms with van der Waals surface area (Å²) in [5, 5.41) is 0.746. The van der Waals surface area contributed by atoms with E-state index >= 15 is 0 Å². The molecule has 0 saturated heterocycles. The molecule has 7 heteroatoms. The first-order chi connectivity index (χ1) is 9.08. The predicted octanol–water partition coefficient (Wildman–Crippen LogP) is 1.48. The Kier molecular flexibility index (Phi) is 3.02. The van der Waals surface area contributed by atoms with Gasteiger partial charge in [0.15, 0.2) is 4.77 Å². The van der Waals surface area contributed by atoms with Crippen molar-refractivity contribution in [1.82, 2.24) is 9.55 Å². The highest BCUT2D eigenvalue weighted by molar-refractivity contribution is 7.71. The van der Waals surface area contributed by atoms with Crippen molar-refractivity contribution in [2.24, 2.45) is 5.73 Å². The molecule has 0 saturated carbocycles. The third-order valence-electron chi connectivity index (χ3n) is 3.43. The van der Waals surface area contributed by atoms with Gasteiger partial charge in [-0.3, -0.25) is 14.2 Å². The highest BCUT2D eigenvalue weighted by atomic mass is 32.1. The van der Waals surface area contributed by atoms with Gasteiger partial charge in [0.2, 0.25) is 5.91 Å². The van der Waals surface area contributed by atoms with Gasteiger partial charge in [0.25, 0.3) is 5.56 Å². The van der Waals surface area contributed by atoms with Crippen LogP contribution in [-0.2, 0) is 24.2 Å². The zero-order valence-electron chi connectivity index (χ0n) is 10.2. The van der Waals surface area contributed by atoms with Gasteiger partial charge in [-0.05, 0) is 37.0 Å². The minimum Gasteiger partial charge on any atom is -0.370 e. The number of carbonyl (C=O) groups excluding carboxylic acids is 1. The zero-order chi connectivity index (χ0) is 13.6. The summed E-state index contributed by atoms with van der Waals surface area (Å²) < 4.78 is 1.80. The number of aromatic amines is 1. The number of aryl methyl sites for hydroxylation is 2. The Balaban J connectivity index is 2.21. The molecule has 0 radical (unpaired) electrons. The van der Waals surface area contributed by atoms with Crippen LogP contribution in [0.25, 0.3) is 10.2 Å². The van der Waals surface area contributed by atoms with Gasteiger partial charge in [0, 0.05) is 17.8 Å². The molecule has 2 aromatic heterocycles. The number of hydrogen-bond acceptors (Lipinski definition) is 4. The second-order valence-electron chi connectivity index (χ2n) is 4.66. The molecule has 0 spiro atoms. The van der Waals surface area contributed by atoms with Gasteiger partial charge in [-0.15, -0.1) is 11.3 Å². The third-order valence-corrected chi connectivity index (χ3v) is 4.96. The fourth-order valence-electron chi connectivity index (χ4n) is 2.54. The third kappa shape index (κ3) is 2.02. The van der Waals surface area contributed by atoms with Crippen LogP contribution in [0.2, 0.25) is 0 Å². The van der Waals surface area contributed by atoms with E-state index in [0.717, 1.165) is 35.0 Å². The number of primary amides is 1. The van der Waals surface area contributed by atoms with E-state index in [9.17, 15) is 9.59 Å². The number of nitrogens with two attached hydrogens (primary N) is 1. The molecule has 2 heterocycles. The van der Waals surface area contributed by atoms with Crippen molar-refractivity contribution < 1.29 is 4.79 Å². The van der Waals surface area contributed by atoms with E-state index in [0.29, 0.717) is 4.77 Å². The Morgan fingerprint density at radius 1 is 1.47 bits per heavy atom. The van der Waals surface area contributed by atoms with E-state index < -0.39 is 5.91 Å². The number of nitrogens with zero attached hydrogens (tertiary/aromatic N) is 1. The fraction of sp³-hybridized carbons (Fsp3) is 0.417. The highest BCUT2D eigenvalue weighted by Crippen LogP contribution is 2.34. The normalized spacial score (nSPS) is 13.9. The fourth-order valence-corrected chi connectivity index (χ4v) is 4.16. The summed E-state index contributed by atoms with van der Waals surface area (Å²) in [6.45, 7) is 0.240. The lowest BCUT2D eigenvalue weighted by atomic mass is 10.2. The summed E-state index contributed by atoms with van der Waals surface area (Å²) in [6.07, 6.45) is 3.21. The summed E-state index contributed by atoms with van der Waals surface area (Å²) in [6, 6.07) is 0. The van der Waals surface area contributed by atoms with E-state index in [1.54, 1.807) is 11.3 Å². The molecule has 1 aliphatic carbocycles. The SMILES string of the molecule is NC(=O)CCn1c(=S)[nH]c2sc3c(c2c1=O)CCC3. The summed E-state index contributed by atoms with van der Waals surface area (Å²) in [5.74, 6) is -0.433. The minimum atomic E-state index is -0.433. The van der Waals surface area contributed by atoms with E-state index in [-0.39, 0.29) is 18.5 Å². The van der Waals surface area contributed by atoms with Crippen molar-refractivity contribution in [3.8, 4) is 0 Å². The highest BCUT2D eigenvalue weighted by Gasteiger charge is 2.21. The van der Waals surface area contributed by atoms with Gasteiger partial charge in [-0.25, -0.2) is 0 Å². The molecule has 2 aromatic rings. The molecule has 100 valence electrons. The lowest BCUT2D eigenvalue weighted by Gasteiger charge is -2.05. The van der Waals surface area contributed by atoms with E-state index in [4.69, 9.17) is 18.0 Å². The van der Waals surface area contributed by atoms with Crippen molar-refractivity contribution >= 4 is 39.7 Å². The van der Waals surface area contributed by atoms with E-state index in [2.05, 4.69) is 4.98 Å². The Labute approximate surface area is 118 Å². The minimum absolute atomic E-state index is 0.0978. The van der Waals surface area contributed by atoms with Crippen LogP contribution in [0, 0.1) is 4.77 Å². The van der Waals surface area contributed by atoms with Gasteiger partial charge in [-0.1, -0.05) is 0 Å². The number of carbonyl (C=O) groups is 1. The van der Waals surface area contributed by atoms with E-state index in [1.807, 2.05) is 0 Å². The zero-order valence-corrected chi connectivity index (χ0v) is 11.8. The van der Waals surface area contributed by atoms with Crippen LogP contribution in [0.3, 0.4) is 0 Å². The Morgan fingerprint density at radius 2 is 2.26 bits per heavy atom. The van der Waals surface area contributed by atoms with Gasteiger partial charge in [0.1, 0.15) is 4.83 Å². The number of aromatic nitrogens is 2. The van der Waals surface area contributed by atoms with Gasteiger partial charge < -0.3 is 10.7 Å². The summed E-state index contributed by atoms with van der Waals surface area (Å²) in [4.78, 5) is 28.6. The van der Waals surface area contributed by atoms with Crippen LogP contribution in [0.5, 0.6) is 0 Å². The first-order valence-electron chi connectivity index (χ1n) is 6.13. The summed E-state index contributed by atoms with van der Waals surface area (Å²) >= 11 is 6.81. The summed E-state index contributed by atoms with van der Waals surface area (Å²) in [5.41, 5.74) is 6.19. The van der Waals surface area contributed by atoms with Gasteiger partial charge in [0.05, 0.1) is 5.39 Å². The van der Waals surface area contributed by atoms with Crippen LogP contribution in [0.4, 0.5) is 0 Å². The van der Waals surface area contributed by atoms with Crippen LogP contribution >= 0.6 is 23.6 Å². The van der Waals surface area contributed by atoms with Crippen LogP contribution in [-0.4, -0.2) is 15.5 Å². The quantitative estimate of drug-likeness (QED) is 0.842. The number of hydrogen-bond donors (Lipinski definition) is 2. The Bertz CT molecular complexity index is 785. The first kappa shape index (κ1) is 12.6. The second kappa shape index (κ2) is 4.57. The molecule has 0 unspecified atom stereocenters. The van der Waals surface area contributed by atoms with Crippen molar-refractivity contribution in [1.29, 1.82) is 0 Å². The summed E-state index contributed by atoms with van der Waals surface area (Å²) in [7, 11) is 0. The average Bonchev–Trinajstić information content (AvgIpc) is 2.87. The average molecular weight is 295 g/mol. The van der Waals surface area contributed by atoms with E-state index in [1.165, 1.54) is 9.44 Å². The number of amides is 1. The molecule has 1 amide bonds. The molecule has 0 aromatic carbocycles. The maximum atomic E-state index is 12.5. The number of fused-ring (bicyclic) bond motifs is 3. The Hall–Kier alpha value is -1.47. The lowest BCUT2D eigenvalue weighted by molar-refractivity contribution is -0.118. The van der Waals surface area contributed by atoms with Gasteiger partial charge in [-0.2, -0.15) is 0 Å². The Morgan fingerprint density at radius 3 is 3.00 bits per heavy atom. The monoisotopic (exact) mass is 295 g/mol. The number of H-pyrrole nitrogens is 1. The number of rotatable bonds is 3.